The molecule has 0 aromatic carbocycles. The summed E-state index contributed by atoms with van der Waals surface area (Å²) < 4.78 is 4.88. The first-order valence-electron chi connectivity index (χ1n) is 3.09. The zero-order chi connectivity index (χ0) is 6.53. The van der Waals surface area contributed by atoms with E-state index in [-0.39, 0.29) is 6.10 Å². The molecule has 1 nitrogen and oxygen atoms in total. The quantitative estimate of drug-likeness (QED) is 0.247. The highest BCUT2D eigenvalue weighted by molar-refractivity contribution is 6.17. The fraction of sp³-hybridized carbons (Fsp3) is 0.714. The van der Waals surface area contributed by atoms with Crippen molar-refractivity contribution < 1.29 is 4.74 Å². The molecule has 1 heterocycles. The van der Waals surface area contributed by atoms with Crippen LogP contribution in [0.2, 0.25) is 0 Å². The van der Waals surface area contributed by atoms with Gasteiger partial charge >= 0.3 is 0 Å². The molecule has 1 atom stereocenters. The zero-order valence-electron chi connectivity index (χ0n) is 5.19. The Kier molecular flexibility index (Phi) is 2.90. The zero-order valence-corrected chi connectivity index (χ0v) is 5.95. The van der Waals surface area contributed by atoms with Crippen LogP contribution in [-0.2, 0) is 4.74 Å². The second kappa shape index (κ2) is 3.76. The van der Waals surface area contributed by atoms with Crippen LogP contribution in [0.1, 0.15) is 12.8 Å². The average Bonchev–Trinajstić information content (AvgIpc) is 2.63. The first-order chi connectivity index (χ1) is 4.43. The van der Waals surface area contributed by atoms with E-state index in [2.05, 4.69) is 11.8 Å². The van der Waals surface area contributed by atoms with Gasteiger partial charge in [-0.15, -0.1) is 17.5 Å². The number of hydrogen-bond acceptors (Lipinski definition) is 1. The van der Waals surface area contributed by atoms with E-state index in [1.165, 1.54) is 0 Å². The molecule has 1 saturated heterocycles. The molecule has 0 radical (unpaired) electrons. The molecular formula is C7H9ClO. The lowest BCUT2D eigenvalue weighted by molar-refractivity contribution is 0.445. The van der Waals surface area contributed by atoms with Gasteiger partial charge in [0, 0.05) is 12.3 Å². The minimum Gasteiger partial charge on any atom is -0.359 e. The Bertz CT molecular complexity index is 130. The molecule has 1 fully saturated rings. The van der Waals surface area contributed by atoms with Gasteiger partial charge in [0.15, 0.2) is 0 Å². The van der Waals surface area contributed by atoms with Gasteiger partial charge in [0.25, 0.3) is 0 Å². The average molecular weight is 145 g/mol. The first-order valence-corrected chi connectivity index (χ1v) is 3.63. The first kappa shape index (κ1) is 6.92. The van der Waals surface area contributed by atoms with Gasteiger partial charge in [0.05, 0.1) is 6.61 Å². The molecule has 0 aromatic heterocycles. The predicted molar refractivity (Wildman–Crippen MR) is 37.5 cm³/mol. The maximum Gasteiger partial charge on any atom is 0.141 e. The van der Waals surface area contributed by atoms with Crippen molar-refractivity contribution in [2.24, 2.45) is 0 Å². The number of halogens is 1. The number of rotatable bonds is 2. The van der Waals surface area contributed by atoms with Crippen molar-refractivity contribution in [3.63, 3.8) is 0 Å². The van der Waals surface area contributed by atoms with Crippen LogP contribution in [-0.4, -0.2) is 18.6 Å². The summed E-state index contributed by atoms with van der Waals surface area (Å²) in [5.41, 5.74) is 0. The number of unbranched alkanes of at least 4 members (excludes halogenated alkanes) is 1. The summed E-state index contributed by atoms with van der Waals surface area (Å²) in [4.78, 5) is 0. The van der Waals surface area contributed by atoms with Gasteiger partial charge in [0.2, 0.25) is 0 Å². The molecule has 1 unspecified atom stereocenters. The Morgan fingerprint density at radius 3 is 3.00 bits per heavy atom. The van der Waals surface area contributed by atoms with Crippen molar-refractivity contribution >= 4 is 11.6 Å². The van der Waals surface area contributed by atoms with Crippen LogP contribution in [0.4, 0.5) is 0 Å². The summed E-state index contributed by atoms with van der Waals surface area (Å²) in [7, 11) is 0. The van der Waals surface area contributed by atoms with Crippen LogP contribution in [0.25, 0.3) is 0 Å². The Morgan fingerprint density at radius 1 is 1.67 bits per heavy atom. The van der Waals surface area contributed by atoms with E-state index in [1.807, 2.05) is 0 Å². The third-order valence-corrected chi connectivity index (χ3v) is 1.30. The molecule has 0 bridgehead atoms. The summed E-state index contributed by atoms with van der Waals surface area (Å²) in [6, 6.07) is 0. The largest absolute Gasteiger partial charge is 0.359 e. The van der Waals surface area contributed by atoms with Crippen LogP contribution < -0.4 is 0 Å². The maximum atomic E-state index is 5.43. The van der Waals surface area contributed by atoms with Gasteiger partial charge in [-0.1, -0.05) is 5.92 Å². The van der Waals surface area contributed by atoms with Gasteiger partial charge in [-0.2, -0.15) is 0 Å². The van der Waals surface area contributed by atoms with Crippen molar-refractivity contribution in [1.82, 2.24) is 0 Å². The minimum atomic E-state index is 0.250. The lowest BCUT2D eigenvalue weighted by Gasteiger charge is -1.80. The Labute approximate surface area is 60.3 Å². The highest BCUT2D eigenvalue weighted by Crippen LogP contribution is 2.05. The van der Waals surface area contributed by atoms with Gasteiger partial charge in [-0.25, -0.2) is 0 Å². The molecule has 9 heavy (non-hydrogen) atoms. The van der Waals surface area contributed by atoms with Crippen LogP contribution in [0, 0.1) is 11.8 Å². The second-order valence-electron chi connectivity index (χ2n) is 1.94. The van der Waals surface area contributed by atoms with Gasteiger partial charge in [-0.05, 0) is 6.42 Å². The van der Waals surface area contributed by atoms with E-state index in [0.717, 1.165) is 19.4 Å². The smallest absolute Gasteiger partial charge is 0.141 e. The summed E-state index contributed by atoms with van der Waals surface area (Å²) in [5.74, 6) is 6.66. The molecule has 0 aliphatic carbocycles. The standard InChI is InChI=1S/C7H9ClO/c8-5-3-1-2-4-7-6-9-7/h7H,1,3,5-6H2. The summed E-state index contributed by atoms with van der Waals surface area (Å²) in [5, 5.41) is 0. The highest BCUT2D eigenvalue weighted by Gasteiger charge is 2.18. The summed E-state index contributed by atoms with van der Waals surface area (Å²) in [6.45, 7) is 0.827. The van der Waals surface area contributed by atoms with Crippen molar-refractivity contribution in [1.29, 1.82) is 0 Å². The summed E-state index contributed by atoms with van der Waals surface area (Å²) in [6.07, 6.45) is 2.14. The van der Waals surface area contributed by atoms with Gasteiger partial charge < -0.3 is 4.74 Å². The monoisotopic (exact) mass is 144 g/mol. The molecule has 0 N–H and O–H groups in total. The van der Waals surface area contributed by atoms with Crippen molar-refractivity contribution in [2.45, 2.75) is 18.9 Å². The van der Waals surface area contributed by atoms with Crippen LogP contribution >= 0.6 is 11.6 Å². The number of ether oxygens (including phenoxy) is 1. The van der Waals surface area contributed by atoms with Crippen molar-refractivity contribution in [3.05, 3.63) is 0 Å². The van der Waals surface area contributed by atoms with E-state index in [4.69, 9.17) is 16.3 Å². The molecule has 0 spiro atoms. The molecule has 0 saturated carbocycles. The topological polar surface area (TPSA) is 12.5 Å². The third kappa shape index (κ3) is 3.40. The fourth-order valence-corrected chi connectivity index (χ4v) is 0.606. The highest BCUT2D eigenvalue weighted by atomic mass is 35.5. The Balaban J connectivity index is 1.96. The molecular weight excluding hydrogens is 136 g/mol. The molecule has 0 amide bonds. The van der Waals surface area contributed by atoms with Crippen LogP contribution in [0.3, 0.4) is 0 Å². The Morgan fingerprint density at radius 2 is 2.44 bits per heavy atom. The molecule has 1 aliphatic heterocycles. The lowest BCUT2D eigenvalue weighted by Crippen LogP contribution is -1.76. The predicted octanol–water partition coefficient (Wildman–Crippen LogP) is 1.41. The minimum absolute atomic E-state index is 0.250. The van der Waals surface area contributed by atoms with Crippen LogP contribution in [0.15, 0.2) is 0 Å². The van der Waals surface area contributed by atoms with Gasteiger partial charge in [0.1, 0.15) is 6.10 Å². The maximum absolute atomic E-state index is 5.43. The van der Waals surface area contributed by atoms with E-state index in [9.17, 15) is 0 Å². The van der Waals surface area contributed by atoms with E-state index in [0.29, 0.717) is 5.88 Å². The second-order valence-corrected chi connectivity index (χ2v) is 2.31. The summed E-state index contributed by atoms with van der Waals surface area (Å²) >= 11 is 5.43. The number of hydrogen-bond donors (Lipinski definition) is 0. The SMILES string of the molecule is ClCCCC#CC1CO1. The Hall–Kier alpha value is -0.190. The van der Waals surface area contributed by atoms with Crippen molar-refractivity contribution in [3.8, 4) is 11.8 Å². The molecule has 50 valence electrons. The molecule has 1 rings (SSSR count). The van der Waals surface area contributed by atoms with Gasteiger partial charge in [-0.3, -0.25) is 0 Å². The van der Waals surface area contributed by atoms with E-state index >= 15 is 0 Å². The molecule has 1 aliphatic rings. The van der Waals surface area contributed by atoms with Crippen LogP contribution in [0.5, 0.6) is 0 Å². The van der Waals surface area contributed by atoms with E-state index < -0.39 is 0 Å². The van der Waals surface area contributed by atoms with Crippen molar-refractivity contribution in [2.75, 3.05) is 12.5 Å². The third-order valence-electron chi connectivity index (χ3n) is 1.03. The van der Waals surface area contributed by atoms with E-state index in [1.54, 1.807) is 0 Å². The lowest BCUT2D eigenvalue weighted by atomic mass is 10.3. The fourth-order valence-electron chi connectivity index (χ4n) is 0.473. The number of epoxide rings is 1. The number of alkyl halides is 1. The molecule has 2 heteroatoms. The normalized spacial score (nSPS) is 22.6. The molecule has 0 aromatic rings.